The van der Waals surface area contributed by atoms with E-state index >= 15 is 0 Å². The highest BCUT2D eigenvalue weighted by molar-refractivity contribution is 7.92. The third kappa shape index (κ3) is 4.50. The molecule has 0 spiro atoms. The van der Waals surface area contributed by atoms with Gasteiger partial charge in [0.15, 0.2) is 11.6 Å². The molecule has 1 fully saturated rings. The van der Waals surface area contributed by atoms with E-state index in [0.717, 1.165) is 24.3 Å². The smallest absolute Gasteiger partial charge is 0.501 e. The van der Waals surface area contributed by atoms with Crippen molar-refractivity contribution >= 4 is 27.3 Å². The third-order valence-corrected chi connectivity index (χ3v) is 7.77. The molecule has 2 amide bonds. The van der Waals surface area contributed by atoms with E-state index in [1.807, 2.05) is 6.08 Å². The zero-order chi connectivity index (χ0) is 26.4. The van der Waals surface area contributed by atoms with E-state index in [4.69, 9.17) is 4.74 Å². The van der Waals surface area contributed by atoms with Crippen molar-refractivity contribution in [2.75, 3.05) is 12.4 Å². The molecule has 2 aromatic rings. The number of allylic oxidation sites excluding steroid dienone is 1. The van der Waals surface area contributed by atoms with Crippen LogP contribution >= 0.6 is 0 Å². The van der Waals surface area contributed by atoms with Gasteiger partial charge in [0.2, 0.25) is 5.91 Å². The average Bonchev–Trinajstić information content (AvgIpc) is 3.41. The summed E-state index contributed by atoms with van der Waals surface area (Å²) in [5, 5.41) is 14.8. The van der Waals surface area contributed by atoms with Crippen molar-refractivity contribution in [2.45, 2.75) is 22.9 Å². The Morgan fingerprint density at radius 3 is 2.47 bits per heavy atom. The van der Waals surface area contributed by atoms with Gasteiger partial charge in [0, 0.05) is 17.8 Å². The van der Waals surface area contributed by atoms with Gasteiger partial charge in [0.1, 0.15) is 5.75 Å². The molecule has 2 aliphatic carbocycles. The number of nitrogens with one attached hydrogen (secondary N) is 2. The predicted octanol–water partition coefficient (Wildman–Crippen LogP) is 3.39. The number of benzene rings is 2. The second-order valence-electron chi connectivity index (χ2n) is 8.44. The zero-order valence-corrected chi connectivity index (χ0v) is 19.4. The number of hydrogen-bond donors (Lipinski definition) is 3. The van der Waals surface area contributed by atoms with Crippen LogP contribution < -0.4 is 15.4 Å². The number of carbonyl (C=O) groups is 2. The Labute approximate surface area is 202 Å². The van der Waals surface area contributed by atoms with Gasteiger partial charge in [-0.2, -0.15) is 13.2 Å². The molecule has 1 saturated carbocycles. The summed E-state index contributed by atoms with van der Waals surface area (Å²) in [7, 11) is -4.40. The molecule has 0 aliphatic heterocycles. The Morgan fingerprint density at radius 2 is 1.81 bits per heavy atom. The molecule has 2 aliphatic rings. The number of fused-ring (bicyclic) bond motifs is 2. The molecular formula is C23H20F4N2O6S. The maximum Gasteiger partial charge on any atom is 0.501 e. The minimum Gasteiger partial charge on any atom is -0.505 e. The quantitative estimate of drug-likeness (QED) is 0.390. The summed E-state index contributed by atoms with van der Waals surface area (Å²) in [6.07, 6.45) is 4.15. The lowest BCUT2D eigenvalue weighted by atomic mass is 9.87. The maximum atomic E-state index is 13.7. The van der Waals surface area contributed by atoms with Crippen molar-refractivity contribution in [3.63, 3.8) is 0 Å². The number of methoxy groups -OCH3 is 1. The summed E-state index contributed by atoms with van der Waals surface area (Å²) in [5.74, 6) is -4.60. The van der Waals surface area contributed by atoms with E-state index in [0.29, 0.717) is 12.5 Å². The molecule has 0 aromatic heterocycles. The number of aromatic hydroxyl groups is 1. The number of phenolic OH excluding ortho intramolecular Hbond substituents is 1. The van der Waals surface area contributed by atoms with Crippen LogP contribution in [0.1, 0.15) is 16.8 Å². The number of phenols is 1. The normalized spacial score (nSPS) is 22.9. The van der Waals surface area contributed by atoms with Crippen molar-refractivity contribution in [3.8, 4) is 11.5 Å². The molecule has 0 heterocycles. The molecule has 2 bridgehead atoms. The summed E-state index contributed by atoms with van der Waals surface area (Å²) in [6, 6.07) is 4.81. The van der Waals surface area contributed by atoms with Crippen LogP contribution in [-0.4, -0.2) is 44.0 Å². The van der Waals surface area contributed by atoms with Gasteiger partial charge in [-0.1, -0.05) is 18.2 Å². The number of sulfone groups is 1. The second-order valence-corrected chi connectivity index (χ2v) is 10.4. The topological polar surface area (TPSA) is 122 Å². The molecule has 2 aromatic carbocycles. The second kappa shape index (κ2) is 9.12. The number of hydrogen-bond acceptors (Lipinski definition) is 6. The first-order valence-electron chi connectivity index (χ1n) is 10.6. The number of rotatable bonds is 6. The van der Waals surface area contributed by atoms with E-state index in [1.165, 1.54) is 13.2 Å². The molecule has 0 radical (unpaired) electrons. The highest BCUT2D eigenvalue weighted by Gasteiger charge is 2.49. The van der Waals surface area contributed by atoms with E-state index in [2.05, 4.69) is 10.6 Å². The van der Waals surface area contributed by atoms with E-state index in [1.54, 1.807) is 6.08 Å². The molecule has 4 unspecified atom stereocenters. The first-order chi connectivity index (χ1) is 16.8. The number of ether oxygens (including phenoxy) is 1. The summed E-state index contributed by atoms with van der Waals surface area (Å²) < 4.78 is 80.8. The minimum atomic E-state index is -5.61. The maximum absolute atomic E-state index is 13.7. The van der Waals surface area contributed by atoms with E-state index in [-0.39, 0.29) is 28.8 Å². The van der Waals surface area contributed by atoms with Crippen LogP contribution in [0.4, 0.5) is 23.2 Å². The van der Waals surface area contributed by atoms with Gasteiger partial charge in [-0.05, 0) is 42.5 Å². The largest absolute Gasteiger partial charge is 0.505 e. The standard InChI is InChI=1S/C23H20F4N2O6S/c1-35-18-10-16(24)17(30)9-15(18)21(31)29-20-12-6-5-11(7-12)19(20)22(32)28-13-3-2-4-14(8-13)36(33,34)23(25,26)27/h2-6,8-12,19-20,30H,7H2,1H3,(H,28,32)(H,29,31). The number of alkyl halides is 3. The predicted molar refractivity (Wildman–Crippen MR) is 118 cm³/mol. The Bertz CT molecular complexity index is 1360. The number of halogens is 4. The number of carbonyl (C=O) groups excluding carboxylic acids is 2. The van der Waals surface area contributed by atoms with Gasteiger partial charge in [-0.25, -0.2) is 12.8 Å². The Morgan fingerprint density at radius 1 is 1.11 bits per heavy atom. The summed E-state index contributed by atoms with van der Waals surface area (Å²) >= 11 is 0. The van der Waals surface area contributed by atoms with Crippen molar-refractivity contribution in [1.82, 2.24) is 5.32 Å². The molecule has 13 heteroatoms. The monoisotopic (exact) mass is 528 g/mol. The number of amides is 2. The van der Waals surface area contributed by atoms with Crippen LogP contribution in [0.15, 0.2) is 53.4 Å². The lowest BCUT2D eigenvalue weighted by Crippen LogP contribution is -2.47. The zero-order valence-electron chi connectivity index (χ0n) is 18.5. The average molecular weight is 528 g/mol. The van der Waals surface area contributed by atoms with Crippen LogP contribution in [0.25, 0.3) is 0 Å². The van der Waals surface area contributed by atoms with Crippen LogP contribution in [-0.2, 0) is 14.6 Å². The summed E-state index contributed by atoms with van der Waals surface area (Å²) in [6.45, 7) is 0. The minimum absolute atomic E-state index is 0.134. The van der Waals surface area contributed by atoms with Gasteiger partial charge in [-0.3, -0.25) is 9.59 Å². The van der Waals surface area contributed by atoms with Crippen molar-refractivity contribution in [1.29, 1.82) is 0 Å². The van der Waals surface area contributed by atoms with Crippen molar-refractivity contribution in [3.05, 3.63) is 59.9 Å². The lowest BCUT2D eigenvalue weighted by Gasteiger charge is -2.28. The van der Waals surface area contributed by atoms with Gasteiger partial charge < -0.3 is 20.5 Å². The Balaban J connectivity index is 1.56. The van der Waals surface area contributed by atoms with Crippen LogP contribution in [0.5, 0.6) is 11.5 Å². The lowest BCUT2D eigenvalue weighted by molar-refractivity contribution is -0.121. The highest BCUT2D eigenvalue weighted by Crippen LogP contribution is 2.44. The SMILES string of the molecule is COc1cc(F)c(O)cc1C(=O)NC1C2C=CC(C2)C1C(=O)Nc1cccc(S(=O)(=O)C(F)(F)F)c1. The molecule has 4 atom stereocenters. The fraction of sp³-hybridized carbons (Fsp3) is 0.304. The Kier molecular flexibility index (Phi) is 6.45. The molecular weight excluding hydrogens is 508 g/mol. The van der Waals surface area contributed by atoms with Gasteiger partial charge >= 0.3 is 5.51 Å². The fourth-order valence-corrected chi connectivity index (χ4v) is 5.40. The van der Waals surface area contributed by atoms with Crippen LogP contribution in [0, 0.1) is 23.6 Å². The van der Waals surface area contributed by atoms with Gasteiger partial charge in [0.25, 0.3) is 15.7 Å². The fourth-order valence-electron chi connectivity index (χ4n) is 4.60. The molecule has 192 valence electrons. The molecule has 3 N–H and O–H groups in total. The van der Waals surface area contributed by atoms with Crippen LogP contribution in [0.2, 0.25) is 0 Å². The summed E-state index contributed by atoms with van der Waals surface area (Å²) in [5.41, 5.74) is -5.82. The van der Waals surface area contributed by atoms with Crippen molar-refractivity contribution < 1.29 is 45.4 Å². The molecule has 8 nitrogen and oxygen atoms in total. The van der Waals surface area contributed by atoms with Crippen molar-refractivity contribution in [2.24, 2.45) is 17.8 Å². The highest BCUT2D eigenvalue weighted by atomic mass is 32.2. The molecule has 36 heavy (non-hydrogen) atoms. The molecule has 0 saturated heterocycles. The Hall–Kier alpha value is -3.61. The van der Waals surface area contributed by atoms with E-state index in [9.17, 15) is 40.7 Å². The molecule has 4 rings (SSSR count). The van der Waals surface area contributed by atoms with Crippen LogP contribution in [0.3, 0.4) is 0 Å². The first-order valence-corrected chi connectivity index (χ1v) is 12.1. The summed E-state index contributed by atoms with van der Waals surface area (Å²) in [4.78, 5) is 25.1. The van der Waals surface area contributed by atoms with Gasteiger partial charge in [0.05, 0.1) is 23.5 Å². The van der Waals surface area contributed by atoms with Gasteiger partial charge in [-0.15, -0.1) is 0 Å². The first kappa shape index (κ1) is 25.5. The number of anilines is 1. The third-order valence-electron chi connectivity index (χ3n) is 6.29. The van der Waals surface area contributed by atoms with E-state index < -0.39 is 55.6 Å².